The third-order valence-corrected chi connectivity index (χ3v) is 5.53. The molecule has 0 amide bonds. The van der Waals surface area contributed by atoms with Crippen LogP contribution in [0.2, 0.25) is 5.02 Å². The quantitative estimate of drug-likeness (QED) is 0.304. The van der Waals surface area contributed by atoms with Gasteiger partial charge in [0.15, 0.2) is 6.10 Å². The zero-order valence-corrected chi connectivity index (χ0v) is 20.8. The SMILES string of the molecule is CCOC(=O)[C@@H](C)Oc1c(Br)cc(Cl)cc1C=Nn1c(C)nc2ccc(Br)cc2c1=O. The van der Waals surface area contributed by atoms with E-state index in [1.807, 2.05) is 6.07 Å². The van der Waals surface area contributed by atoms with Crippen LogP contribution in [0.4, 0.5) is 0 Å². The number of hydrogen-bond acceptors (Lipinski definition) is 6. The van der Waals surface area contributed by atoms with Crippen LogP contribution in [0.1, 0.15) is 25.2 Å². The highest BCUT2D eigenvalue weighted by Gasteiger charge is 2.19. The Morgan fingerprint density at radius 1 is 1.32 bits per heavy atom. The summed E-state index contributed by atoms with van der Waals surface area (Å²) in [5.74, 6) is 0.263. The maximum Gasteiger partial charge on any atom is 0.347 e. The van der Waals surface area contributed by atoms with Gasteiger partial charge >= 0.3 is 5.97 Å². The second-order valence-electron chi connectivity index (χ2n) is 6.50. The Morgan fingerprint density at radius 2 is 2.06 bits per heavy atom. The van der Waals surface area contributed by atoms with E-state index in [4.69, 9.17) is 21.1 Å². The number of benzene rings is 2. The zero-order chi connectivity index (χ0) is 22.7. The van der Waals surface area contributed by atoms with E-state index < -0.39 is 12.1 Å². The van der Waals surface area contributed by atoms with Gasteiger partial charge in [-0.15, -0.1) is 0 Å². The Morgan fingerprint density at radius 3 is 2.77 bits per heavy atom. The summed E-state index contributed by atoms with van der Waals surface area (Å²) in [6.07, 6.45) is 0.581. The minimum absolute atomic E-state index is 0.246. The van der Waals surface area contributed by atoms with E-state index in [1.54, 1.807) is 45.0 Å². The molecule has 0 aliphatic heterocycles. The first-order chi connectivity index (χ1) is 14.7. The van der Waals surface area contributed by atoms with E-state index >= 15 is 0 Å². The van der Waals surface area contributed by atoms with Gasteiger partial charge < -0.3 is 9.47 Å². The van der Waals surface area contributed by atoms with E-state index in [-0.39, 0.29) is 12.2 Å². The van der Waals surface area contributed by atoms with Crippen LogP contribution in [0.3, 0.4) is 0 Å². The average Bonchev–Trinajstić information content (AvgIpc) is 2.70. The maximum absolute atomic E-state index is 12.9. The van der Waals surface area contributed by atoms with Gasteiger partial charge in [0.25, 0.3) is 5.56 Å². The number of hydrogen-bond donors (Lipinski definition) is 0. The van der Waals surface area contributed by atoms with Crippen molar-refractivity contribution >= 4 is 66.5 Å². The van der Waals surface area contributed by atoms with Gasteiger partial charge in [-0.2, -0.15) is 9.78 Å². The van der Waals surface area contributed by atoms with Crippen LogP contribution >= 0.6 is 43.5 Å². The first-order valence-corrected chi connectivity index (χ1v) is 11.2. The Bertz CT molecular complexity index is 1240. The molecule has 0 unspecified atom stereocenters. The molecule has 3 rings (SSSR count). The number of nitrogens with zero attached hydrogens (tertiary/aromatic N) is 3. The molecule has 1 aromatic heterocycles. The number of aromatic nitrogens is 2. The lowest BCUT2D eigenvalue weighted by molar-refractivity contribution is -0.150. The lowest BCUT2D eigenvalue weighted by atomic mass is 10.2. The molecule has 0 saturated carbocycles. The van der Waals surface area contributed by atoms with Gasteiger partial charge in [-0.25, -0.2) is 9.78 Å². The molecule has 0 spiro atoms. The molecule has 0 saturated heterocycles. The van der Waals surface area contributed by atoms with E-state index in [9.17, 15) is 9.59 Å². The van der Waals surface area contributed by atoms with Gasteiger partial charge in [0.05, 0.1) is 28.2 Å². The Kier molecular flexibility index (Phi) is 7.51. The molecular formula is C21H18Br2ClN3O4. The number of rotatable bonds is 6. The fourth-order valence-corrected chi connectivity index (χ4v) is 4.09. The van der Waals surface area contributed by atoms with Crippen LogP contribution in [0.5, 0.6) is 5.75 Å². The fourth-order valence-electron chi connectivity index (χ4n) is 2.80. The molecule has 10 heteroatoms. The number of ether oxygens (including phenoxy) is 2. The van der Waals surface area contributed by atoms with Crippen molar-refractivity contribution in [2.45, 2.75) is 26.9 Å². The topological polar surface area (TPSA) is 82.8 Å². The molecule has 0 fully saturated rings. The third kappa shape index (κ3) is 5.34. The van der Waals surface area contributed by atoms with E-state index in [0.717, 1.165) is 4.47 Å². The number of carbonyl (C=O) groups is 1. The zero-order valence-electron chi connectivity index (χ0n) is 16.9. The van der Waals surface area contributed by atoms with Crippen LogP contribution in [0.25, 0.3) is 10.9 Å². The van der Waals surface area contributed by atoms with Gasteiger partial charge in [-0.3, -0.25) is 4.79 Å². The average molecular weight is 572 g/mol. The predicted octanol–water partition coefficient (Wildman–Crippen LogP) is 5.10. The van der Waals surface area contributed by atoms with Crippen LogP contribution in [0, 0.1) is 6.92 Å². The summed E-state index contributed by atoms with van der Waals surface area (Å²) in [5.41, 5.74) is 0.731. The summed E-state index contributed by atoms with van der Waals surface area (Å²) < 4.78 is 13.3. The van der Waals surface area contributed by atoms with Crippen LogP contribution < -0.4 is 10.3 Å². The summed E-state index contributed by atoms with van der Waals surface area (Å²) in [5, 5.41) is 5.17. The largest absolute Gasteiger partial charge is 0.477 e. The Labute approximate surface area is 200 Å². The van der Waals surface area contributed by atoms with Crippen molar-refractivity contribution in [2.24, 2.45) is 5.10 Å². The normalized spacial score (nSPS) is 12.3. The number of fused-ring (bicyclic) bond motifs is 1. The molecule has 31 heavy (non-hydrogen) atoms. The second kappa shape index (κ2) is 9.93. The molecule has 162 valence electrons. The van der Waals surface area contributed by atoms with Crippen molar-refractivity contribution < 1.29 is 14.3 Å². The minimum Gasteiger partial charge on any atom is -0.477 e. The van der Waals surface area contributed by atoms with Crippen molar-refractivity contribution in [2.75, 3.05) is 6.61 Å². The van der Waals surface area contributed by atoms with Crippen molar-refractivity contribution in [3.63, 3.8) is 0 Å². The number of carbonyl (C=O) groups excluding carboxylic acids is 1. The van der Waals surface area contributed by atoms with E-state index in [0.29, 0.717) is 37.5 Å². The van der Waals surface area contributed by atoms with Crippen molar-refractivity contribution in [3.8, 4) is 5.75 Å². The molecule has 0 radical (unpaired) electrons. The molecule has 0 N–H and O–H groups in total. The first-order valence-electron chi connectivity index (χ1n) is 9.26. The summed E-state index contributed by atoms with van der Waals surface area (Å²) >= 11 is 13.0. The molecule has 3 aromatic rings. The molecule has 0 aliphatic rings. The standard InChI is InChI=1S/C21H18Br2ClN3O4/c1-4-30-21(29)11(2)31-19-13(7-15(24)9-17(19)23)10-25-27-12(3)26-18-6-5-14(22)8-16(18)20(27)28/h5-11H,4H2,1-3H3/t11-/m1/s1. The lowest BCUT2D eigenvalue weighted by Gasteiger charge is -2.16. The Balaban J connectivity index is 2.05. The molecule has 0 aliphatic carbocycles. The second-order valence-corrected chi connectivity index (χ2v) is 8.71. The summed E-state index contributed by atoms with van der Waals surface area (Å²) in [6.45, 7) is 5.24. The smallest absolute Gasteiger partial charge is 0.347 e. The lowest BCUT2D eigenvalue weighted by Crippen LogP contribution is -2.26. The molecular weight excluding hydrogens is 554 g/mol. The number of aryl methyl sites for hydroxylation is 1. The highest BCUT2D eigenvalue weighted by molar-refractivity contribution is 9.10. The highest BCUT2D eigenvalue weighted by atomic mass is 79.9. The van der Waals surface area contributed by atoms with Crippen molar-refractivity contribution in [1.82, 2.24) is 9.66 Å². The monoisotopic (exact) mass is 569 g/mol. The van der Waals surface area contributed by atoms with E-state index in [1.165, 1.54) is 10.9 Å². The number of esters is 1. The van der Waals surface area contributed by atoms with Gasteiger partial charge in [-0.1, -0.05) is 27.5 Å². The highest BCUT2D eigenvalue weighted by Crippen LogP contribution is 2.33. The molecule has 7 nitrogen and oxygen atoms in total. The molecule has 1 heterocycles. The molecule has 0 bridgehead atoms. The molecule has 2 aromatic carbocycles. The minimum atomic E-state index is -0.853. The summed E-state index contributed by atoms with van der Waals surface area (Å²) in [6, 6.07) is 8.53. The Hall–Kier alpha value is -2.23. The van der Waals surface area contributed by atoms with Crippen LogP contribution in [-0.4, -0.2) is 34.6 Å². The van der Waals surface area contributed by atoms with Gasteiger partial charge in [0.1, 0.15) is 11.6 Å². The first kappa shape index (κ1) is 23.4. The predicted molar refractivity (Wildman–Crippen MR) is 127 cm³/mol. The maximum atomic E-state index is 12.9. The third-order valence-electron chi connectivity index (χ3n) is 4.23. The van der Waals surface area contributed by atoms with Crippen LogP contribution in [-0.2, 0) is 9.53 Å². The van der Waals surface area contributed by atoms with Gasteiger partial charge in [-0.05, 0) is 67.0 Å². The van der Waals surface area contributed by atoms with E-state index in [2.05, 4.69) is 41.9 Å². The molecule has 1 atom stereocenters. The summed E-state index contributed by atoms with van der Waals surface area (Å²) in [7, 11) is 0. The van der Waals surface area contributed by atoms with Crippen molar-refractivity contribution in [1.29, 1.82) is 0 Å². The number of halogens is 3. The van der Waals surface area contributed by atoms with Crippen molar-refractivity contribution in [3.05, 3.63) is 66.0 Å². The van der Waals surface area contributed by atoms with Gasteiger partial charge in [0, 0.05) is 15.1 Å². The van der Waals surface area contributed by atoms with Gasteiger partial charge in [0.2, 0.25) is 0 Å². The summed E-state index contributed by atoms with van der Waals surface area (Å²) in [4.78, 5) is 29.4. The van der Waals surface area contributed by atoms with Crippen LogP contribution in [0.15, 0.2) is 49.2 Å². The fraction of sp³-hybridized carbons (Fsp3) is 0.238.